The summed E-state index contributed by atoms with van der Waals surface area (Å²) in [5, 5.41) is 0. The predicted molar refractivity (Wildman–Crippen MR) is 102 cm³/mol. The van der Waals surface area contributed by atoms with Gasteiger partial charge in [0.1, 0.15) is 5.82 Å². The Bertz CT molecular complexity index is 1060. The van der Waals surface area contributed by atoms with Crippen molar-refractivity contribution in [3.8, 4) is 0 Å². The summed E-state index contributed by atoms with van der Waals surface area (Å²) >= 11 is 1.20. The third kappa shape index (κ3) is 3.44. The molecular weight excluding hydrogens is 385 g/mol. The first-order valence-corrected chi connectivity index (χ1v) is 9.34. The lowest BCUT2D eigenvalue weighted by Gasteiger charge is -2.28. The minimum Gasteiger partial charge on any atom is -0.378 e. The number of nitrogens with one attached hydrogen (secondary N) is 1. The van der Waals surface area contributed by atoms with Gasteiger partial charge in [-0.25, -0.2) is 20.2 Å². The van der Waals surface area contributed by atoms with E-state index in [1.54, 1.807) is 6.07 Å². The second-order valence-corrected chi connectivity index (χ2v) is 7.16. The van der Waals surface area contributed by atoms with Crippen LogP contribution in [-0.4, -0.2) is 48.0 Å². The van der Waals surface area contributed by atoms with E-state index in [-0.39, 0.29) is 11.4 Å². The van der Waals surface area contributed by atoms with Gasteiger partial charge in [-0.15, -0.1) is 11.3 Å². The number of anilines is 1. The molecule has 3 heterocycles. The Balaban J connectivity index is 1.85. The summed E-state index contributed by atoms with van der Waals surface area (Å²) in [4.78, 5) is 35.9. The van der Waals surface area contributed by atoms with Gasteiger partial charge in [-0.2, -0.15) is 0 Å². The lowest BCUT2D eigenvalue weighted by atomic mass is 10.1. The minimum absolute atomic E-state index is 0.0582. The van der Waals surface area contributed by atoms with Crippen LogP contribution in [0.15, 0.2) is 30.3 Å². The lowest BCUT2D eigenvalue weighted by molar-refractivity contribution is 0.0957. The highest BCUT2D eigenvalue weighted by molar-refractivity contribution is 7.21. The van der Waals surface area contributed by atoms with Crippen LogP contribution in [0.25, 0.3) is 10.2 Å². The number of thiophene rings is 1. The Morgan fingerprint density at radius 1 is 1.21 bits per heavy atom. The number of ketones is 1. The van der Waals surface area contributed by atoms with Gasteiger partial charge in [-0.3, -0.25) is 15.0 Å². The summed E-state index contributed by atoms with van der Waals surface area (Å²) in [5.74, 6) is 4.26. The van der Waals surface area contributed by atoms with Gasteiger partial charge in [0.05, 0.1) is 28.3 Å². The van der Waals surface area contributed by atoms with Crippen LogP contribution in [0.1, 0.15) is 25.9 Å². The molecule has 0 radical (unpaired) electrons. The SMILES string of the molecule is NNC(=O)c1cc2nc(C(=O)c3cccc(F)c3)nc(N3CCOCC3)c2s1. The number of nitrogen functional groups attached to an aromatic ring is 1. The molecule has 1 fully saturated rings. The van der Waals surface area contributed by atoms with Crippen molar-refractivity contribution >= 4 is 39.1 Å². The molecule has 3 N–H and O–H groups in total. The molecule has 10 heteroatoms. The first-order chi connectivity index (χ1) is 13.6. The number of halogens is 1. The van der Waals surface area contributed by atoms with E-state index in [0.29, 0.717) is 47.2 Å². The summed E-state index contributed by atoms with van der Waals surface area (Å²) in [6.07, 6.45) is 0. The number of carbonyl (C=O) groups excluding carboxylic acids is 2. The maximum Gasteiger partial charge on any atom is 0.275 e. The van der Waals surface area contributed by atoms with Crippen LogP contribution in [0.2, 0.25) is 0 Å². The topological polar surface area (TPSA) is 110 Å². The first kappa shape index (κ1) is 18.4. The van der Waals surface area contributed by atoms with E-state index in [2.05, 4.69) is 15.4 Å². The standard InChI is InChI=1S/C18H16FN5O3S/c19-11-3-1-2-10(8-11)14(25)16-21-12-9-13(18(26)23-20)28-15(12)17(22-16)24-4-6-27-7-5-24/h1-3,8-9H,4-7,20H2,(H,23,26). The van der Waals surface area contributed by atoms with Crippen LogP contribution < -0.4 is 16.2 Å². The Labute approximate surface area is 163 Å². The predicted octanol–water partition coefficient (Wildman–Crippen LogP) is 1.50. The summed E-state index contributed by atoms with van der Waals surface area (Å²) < 4.78 is 19.6. The average Bonchev–Trinajstić information content (AvgIpc) is 3.16. The monoisotopic (exact) mass is 401 g/mol. The summed E-state index contributed by atoms with van der Waals surface area (Å²) in [6.45, 7) is 2.24. The van der Waals surface area contributed by atoms with Crippen molar-refractivity contribution in [2.75, 3.05) is 31.2 Å². The van der Waals surface area contributed by atoms with E-state index in [1.807, 2.05) is 4.90 Å². The molecule has 28 heavy (non-hydrogen) atoms. The third-order valence-corrected chi connectivity index (χ3v) is 5.43. The van der Waals surface area contributed by atoms with Crippen LogP contribution in [-0.2, 0) is 4.74 Å². The number of nitrogens with two attached hydrogens (primary N) is 1. The summed E-state index contributed by atoms with van der Waals surface area (Å²) in [5.41, 5.74) is 2.70. The van der Waals surface area contributed by atoms with Crippen LogP contribution in [0.5, 0.6) is 0 Å². The van der Waals surface area contributed by atoms with Gasteiger partial charge in [0, 0.05) is 18.7 Å². The van der Waals surface area contributed by atoms with E-state index >= 15 is 0 Å². The zero-order valence-corrected chi connectivity index (χ0v) is 15.5. The number of hydrazine groups is 1. The largest absolute Gasteiger partial charge is 0.378 e. The van der Waals surface area contributed by atoms with Crippen molar-refractivity contribution in [3.05, 3.63) is 52.4 Å². The number of aromatic nitrogens is 2. The molecule has 1 aliphatic rings. The molecule has 1 amide bonds. The molecule has 144 valence electrons. The molecule has 0 saturated carbocycles. The number of rotatable bonds is 4. The molecule has 4 rings (SSSR count). The fourth-order valence-corrected chi connectivity index (χ4v) is 3.96. The molecule has 3 aromatic rings. The highest BCUT2D eigenvalue weighted by atomic mass is 32.1. The van der Waals surface area contributed by atoms with Crippen molar-refractivity contribution in [1.82, 2.24) is 15.4 Å². The van der Waals surface area contributed by atoms with Gasteiger partial charge >= 0.3 is 0 Å². The third-order valence-electron chi connectivity index (χ3n) is 4.31. The number of hydrogen-bond acceptors (Lipinski definition) is 8. The molecular formula is C18H16FN5O3S. The van der Waals surface area contributed by atoms with Gasteiger partial charge in [-0.1, -0.05) is 12.1 Å². The number of nitrogens with zero attached hydrogens (tertiary/aromatic N) is 3. The van der Waals surface area contributed by atoms with Crippen LogP contribution >= 0.6 is 11.3 Å². The molecule has 8 nitrogen and oxygen atoms in total. The van der Waals surface area contributed by atoms with E-state index in [9.17, 15) is 14.0 Å². The molecule has 1 aromatic carbocycles. The molecule has 1 saturated heterocycles. The second kappa shape index (κ2) is 7.58. The Morgan fingerprint density at radius 2 is 2.00 bits per heavy atom. The molecule has 0 bridgehead atoms. The normalized spacial score (nSPS) is 14.3. The van der Waals surface area contributed by atoms with Gasteiger partial charge in [0.15, 0.2) is 5.82 Å². The summed E-state index contributed by atoms with van der Waals surface area (Å²) in [6, 6.07) is 6.94. The van der Waals surface area contributed by atoms with Crippen molar-refractivity contribution in [2.24, 2.45) is 5.84 Å². The molecule has 0 unspecified atom stereocenters. The van der Waals surface area contributed by atoms with Gasteiger partial charge in [0.25, 0.3) is 5.91 Å². The summed E-state index contributed by atoms with van der Waals surface area (Å²) in [7, 11) is 0. The average molecular weight is 401 g/mol. The maximum absolute atomic E-state index is 13.5. The van der Waals surface area contributed by atoms with Crippen LogP contribution in [0, 0.1) is 5.82 Å². The Kier molecular flexibility index (Phi) is 4.99. The Morgan fingerprint density at radius 3 is 2.71 bits per heavy atom. The zero-order valence-electron chi connectivity index (χ0n) is 14.6. The number of carbonyl (C=O) groups is 2. The second-order valence-electron chi connectivity index (χ2n) is 6.11. The number of ether oxygens (including phenoxy) is 1. The van der Waals surface area contributed by atoms with Gasteiger partial charge in [0.2, 0.25) is 11.6 Å². The van der Waals surface area contributed by atoms with Gasteiger partial charge in [-0.05, 0) is 18.2 Å². The minimum atomic E-state index is -0.516. The molecule has 0 atom stereocenters. The van der Waals surface area contributed by atoms with Crippen molar-refractivity contribution in [3.63, 3.8) is 0 Å². The highest BCUT2D eigenvalue weighted by Gasteiger charge is 2.23. The fraction of sp³-hybridized carbons (Fsp3) is 0.222. The molecule has 2 aromatic heterocycles. The number of hydrogen-bond donors (Lipinski definition) is 2. The highest BCUT2D eigenvalue weighted by Crippen LogP contribution is 2.33. The van der Waals surface area contributed by atoms with Crippen molar-refractivity contribution < 1.29 is 18.7 Å². The van der Waals surface area contributed by atoms with E-state index in [4.69, 9.17) is 10.6 Å². The van der Waals surface area contributed by atoms with Gasteiger partial charge < -0.3 is 9.64 Å². The molecule has 0 aliphatic carbocycles. The fourth-order valence-electron chi connectivity index (χ4n) is 2.95. The number of amides is 1. The molecule has 0 spiro atoms. The van der Waals surface area contributed by atoms with Crippen molar-refractivity contribution in [2.45, 2.75) is 0 Å². The number of morpholine rings is 1. The van der Waals surface area contributed by atoms with Crippen LogP contribution in [0.3, 0.4) is 0 Å². The number of benzene rings is 1. The maximum atomic E-state index is 13.5. The smallest absolute Gasteiger partial charge is 0.275 e. The van der Waals surface area contributed by atoms with Crippen molar-refractivity contribution in [1.29, 1.82) is 0 Å². The molecule has 1 aliphatic heterocycles. The first-order valence-electron chi connectivity index (χ1n) is 8.52. The Hall–Kier alpha value is -2.95. The van der Waals surface area contributed by atoms with Crippen LogP contribution in [0.4, 0.5) is 10.2 Å². The van der Waals surface area contributed by atoms with E-state index in [1.165, 1.54) is 29.5 Å². The van der Waals surface area contributed by atoms with E-state index < -0.39 is 17.5 Å². The lowest BCUT2D eigenvalue weighted by Crippen LogP contribution is -2.37. The number of fused-ring (bicyclic) bond motifs is 1. The van der Waals surface area contributed by atoms with E-state index in [0.717, 1.165) is 6.07 Å². The quantitative estimate of drug-likeness (QED) is 0.295. The zero-order chi connectivity index (χ0) is 19.7.